The summed E-state index contributed by atoms with van der Waals surface area (Å²) in [5.41, 5.74) is 1.35. The summed E-state index contributed by atoms with van der Waals surface area (Å²) in [7, 11) is -3.33. The normalized spacial score (nSPS) is 16.3. The molecule has 3 rings (SSSR count). The van der Waals surface area contributed by atoms with Crippen molar-refractivity contribution in [2.75, 3.05) is 19.3 Å². The number of benzene rings is 2. The van der Waals surface area contributed by atoms with Crippen molar-refractivity contribution in [1.82, 2.24) is 15.5 Å². The van der Waals surface area contributed by atoms with Crippen LogP contribution < -0.4 is 10.6 Å². The molecule has 1 fully saturated rings. The summed E-state index contributed by atoms with van der Waals surface area (Å²) in [6.07, 6.45) is 2.24. The van der Waals surface area contributed by atoms with Gasteiger partial charge in [0.2, 0.25) is 5.91 Å². The maximum absolute atomic E-state index is 13.3. The summed E-state index contributed by atoms with van der Waals surface area (Å²) in [6.45, 7) is 8.57. The fraction of sp³-hybridized carbons (Fsp3) is 0.444. The lowest BCUT2D eigenvalue weighted by Crippen LogP contribution is -2.58. The van der Waals surface area contributed by atoms with Crippen molar-refractivity contribution in [3.05, 3.63) is 65.2 Å². The second-order valence-corrected chi connectivity index (χ2v) is 12.2. The van der Waals surface area contributed by atoms with E-state index in [9.17, 15) is 22.8 Å². The number of hydrogen-bond donors (Lipinski definition) is 2. The molecule has 0 radical (unpaired) electrons. The first-order valence-electron chi connectivity index (χ1n) is 12.1. The Morgan fingerprint density at radius 1 is 0.944 bits per heavy atom. The van der Waals surface area contributed by atoms with E-state index < -0.39 is 21.4 Å². The van der Waals surface area contributed by atoms with Crippen LogP contribution >= 0.6 is 0 Å². The van der Waals surface area contributed by atoms with Crippen LogP contribution in [0.15, 0.2) is 53.4 Å². The number of hydrogen-bond acceptors (Lipinski definition) is 5. The zero-order valence-electron chi connectivity index (χ0n) is 21.5. The molecule has 8 nitrogen and oxygen atoms in total. The second kappa shape index (κ2) is 10.8. The van der Waals surface area contributed by atoms with Gasteiger partial charge in [0.1, 0.15) is 6.04 Å². The van der Waals surface area contributed by atoms with Gasteiger partial charge in [-0.05, 0) is 69.0 Å². The van der Waals surface area contributed by atoms with Crippen molar-refractivity contribution in [2.24, 2.45) is 5.92 Å². The first-order valence-corrected chi connectivity index (χ1v) is 14.0. The third-order valence-corrected chi connectivity index (χ3v) is 7.77. The molecule has 1 saturated heterocycles. The highest BCUT2D eigenvalue weighted by Crippen LogP contribution is 2.24. The molecule has 3 amide bonds. The summed E-state index contributed by atoms with van der Waals surface area (Å²) < 4.78 is 23.3. The minimum atomic E-state index is -3.33. The maximum atomic E-state index is 13.3. The van der Waals surface area contributed by atoms with E-state index in [0.717, 1.165) is 11.8 Å². The quantitative estimate of drug-likeness (QED) is 0.591. The number of nitrogens with one attached hydrogen (secondary N) is 2. The number of sulfone groups is 1. The van der Waals surface area contributed by atoms with Gasteiger partial charge in [-0.1, -0.05) is 31.5 Å². The lowest BCUT2D eigenvalue weighted by atomic mass is 9.88. The van der Waals surface area contributed by atoms with Crippen LogP contribution in [0.1, 0.15) is 59.9 Å². The Bertz CT molecular complexity index is 1230. The molecule has 1 aliphatic heterocycles. The largest absolute Gasteiger partial charge is 0.347 e. The molecule has 1 aliphatic rings. The molecule has 2 N–H and O–H groups in total. The predicted molar refractivity (Wildman–Crippen MR) is 139 cm³/mol. The molecule has 0 unspecified atom stereocenters. The molecule has 0 spiro atoms. The Morgan fingerprint density at radius 2 is 1.56 bits per heavy atom. The highest BCUT2D eigenvalue weighted by Gasteiger charge is 2.36. The second-order valence-electron chi connectivity index (χ2n) is 10.2. The fourth-order valence-electron chi connectivity index (χ4n) is 4.27. The molecule has 2 aromatic carbocycles. The molecule has 9 heteroatoms. The molecular formula is C27H35N3O5S. The van der Waals surface area contributed by atoms with Gasteiger partial charge in [-0.2, -0.15) is 0 Å². The van der Waals surface area contributed by atoms with E-state index in [2.05, 4.69) is 10.6 Å². The first-order chi connectivity index (χ1) is 16.8. The lowest BCUT2D eigenvalue weighted by molar-refractivity contribution is -0.135. The summed E-state index contributed by atoms with van der Waals surface area (Å²) >= 11 is 0. The van der Waals surface area contributed by atoms with Crippen molar-refractivity contribution < 1.29 is 22.8 Å². The van der Waals surface area contributed by atoms with Gasteiger partial charge in [-0.3, -0.25) is 14.4 Å². The number of piperidine rings is 1. The zero-order valence-corrected chi connectivity index (χ0v) is 22.3. The monoisotopic (exact) mass is 513 g/mol. The van der Waals surface area contributed by atoms with E-state index in [0.29, 0.717) is 37.1 Å². The Hall–Kier alpha value is -3.20. The third kappa shape index (κ3) is 6.72. The van der Waals surface area contributed by atoms with Crippen LogP contribution in [0.2, 0.25) is 0 Å². The van der Waals surface area contributed by atoms with Crippen molar-refractivity contribution in [2.45, 2.75) is 57.0 Å². The molecule has 0 aliphatic carbocycles. The SMILES string of the molecule is Cc1cccc(C(=O)N[C@@H](C(=O)N2CCC(C)(NC(=O)c3ccc(S(C)(=O)=O)cc3)CC2)C(C)C)c1. The molecule has 0 aromatic heterocycles. The summed E-state index contributed by atoms with van der Waals surface area (Å²) in [5.74, 6) is -0.783. The Morgan fingerprint density at radius 3 is 2.08 bits per heavy atom. The van der Waals surface area contributed by atoms with E-state index in [-0.39, 0.29) is 28.5 Å². The molecule has 2 aromatic rings. The molecular weight excluding hydrogens is 478 g/mol. The van der Waals surface area contributed by atoms with Crippen molar-refractivity contribution in [3.63, 3.8) is 0 Å². The fourth-order valence-corrected chi connectivity index (χ4v) is 4.90. The van der Waals surface area contributed by atoms with Crippen LogP contribution in [0.4, 0.5) is 0 Å². The summed E-state index contributed by atoms with van der Waals surface area (Å²) in [5, 5.41) is 5.95. The highest BCUT2D eigenvalue weighted by molar-refractivity contribution is 7.90. The summed E-state index contributed by atoms with van der Waals surface area (Å²) in [6, 6.07) is 12.4. The van der Waals surface area contributed by atoms with E-state index in [1.165, 1.54) is 24.3 Å². The van der Waals surface area contributed by atoms with Crippen LogP contribution in [-0.4, -0.2) is 62.0 Å². The molecule has 0 saturated carbocycles. The minimum absolute atomic E-state index is 0.0887. The average molecular weight is 514 g/mol. The van der Waals surface area contributed by atoms with Crippen LogP contribution in [-0.2, 0) is 14.6 Å². The Balaban J connectivity index is 1.61. The zero-order chi connectivity index (χ0) is 26.7. The predicted octanol–water partition coefficient (Wildman–Crippen LogP) is 2.96. The Labute approximate surface area is 213 Å². The molecule has 1 heterocycles. The van der Waals surface area contributed by atoms with Gasteiger partial charge in [0, 0.05) is 36.0 Å². The third-order valence-electron chi connectivity index (χ3n) is 6.64. The highest BCUT2D eigenvalue weighted by atomic mass is 32.2. The smallest absolute Gasteiger partial charge is 0.251 e. The van der Waals surface area contributed by atoms with E-state index in [1.54, 1.807) is 17.0 Å². The molecule has 0 bridgehead atoms. The number of carbonyl (C=O) groups is 3. The molecule has 194 valence electrons. The summed E-state index contributed by atoms with van der Waals surface area (Å²) in [4.78, 5) is 40.8. The topological polar surface area (TPSA) is 113 Å². The number of rotatable bonds is 7. The van der Waals surface area contributed by atoms with Crippen molar-refractivity contribution >= 4 is 27.6 Å². The standard InChI is InChI=1S/C27H35N3O5S/c1-18(2)23(28-24(31)21-8-6-7-19(3)17-21)26(33)30-15-13-27(4,14-16-30)29-25(32)20-9-11-22(12-10-20)36(5,34)35/h6-12,17-18,23H,13-16H2,1-5H3,(H,28,31)(H,29,32)/t23-/m1/s1. The average Bonchev–Trinajstić information content (AvgIpc) is 2.81. The van der Waals surface area contributed by atoms with E-state index in [4.69, 9.17) is 0 Å². The van der Waals surface area contributed by atoms with Crippen LogP contribution in [0, 0.1) is 12.8 Å². The van der Waals surface area contributed by atoms with Crippen LogP contribution in [0.25, 0.3) is 0 Å². The molecule has 36 heavy (non-hydrogen) atoms. The van der Waals surface area contributed by atoms with Gasteiger partial charge >= 0.3 is 0 Å². The van der Waals surface area contributed by atoms with Gasteiger partial charge in [-0.15, -0.1) is 0 Å². The van der Waals surface area contributed by atoms with E-state index >= 15 is 0 Å². The van der Waals surface area contributed by atoms with Crippen molar-refractivity contribution in [3.8, 4) is 0 Å². The van der Waals surface area contributed by atoms with Crippen LogP contribution in [0.3, 0.4) is 0 Å². The van der Waals surface area contributed by atoms with Crippen molar-refractivity contribution in [1.29, 1.82) is 0 Å². The lowest BCUT2D eigenvalue weighted by Gasteiger charge is -2.41. The van der Waals surface area contributed by atoms with E-state index in [1.807, 2.05) is 39.8 Å². The van der Waals surface area contributed by atoms with Gasteiger partial charge in [0.05, 0.1) is 4.90 Å². The number of aryl methyl sites for hydroxylation is 1. The van der Waals surface area contributed by atoms with Gasteiger partial charge in [-0.25, -0.2) is 8.42 Å². The first kappa shape index (κ1) is 27.4. The van der Waals surface area contributed by atoms with Crippen LogP contribution in [0.5, 0.6) is 0 Å². The van der Waals surface area contributed by atoms with Gasteiger partial charge in [0.15, 0.2) is 9.84 Å². The number of likely N-dealkylation sites (tertiary alicyclic amines) is 1. The Kier molecular flexibility index (Phi) is 8.23. The maximum Gasteiger partial charge on any atom is 0.251 e. The molecule has 1 atom stereocenters. The van der Waals surface area contributed by atoms with Gasteiger partial charge in [0.25, 0.3) is 11.8 Å². The number of amides is 3. The number of carbonyl (C=O) groups excluding carboxylic acids is 3. The minimum Gasteiger partial charge on any atom is -0.347 e. The van der Waals surface area contributed by atoms with Gasteiger partial charge < -0.3 is 15.5 Å². The number of nitrogens with zero attached hydrogens (tertiary/aromatic N) is 1.